The van der Waals surface area contributed by atoms with Crippen molar-refractivity contribution in [2.75, 3.05) is 26.2 Å². The van der Waals surface area contributed by atoms with E-state index in [9.17, 15) is 15.0 Å². The number of nitrogens with zero attached hydrogens (tertiary/aromatic N) is 2. The highest BCUT2D eigenvalue weighted by atomic mass is 16.3. The van der Waals surface area contributed by atoms with Crippen LogP contribution in [0, 0.1) is 0 Å². The fourth-order valence-electron chi connectivity index (χ4n) is 4.49. The van der Waals surface area contributed by atoms with Crippen LogP contribution in [0.25, 0.3) is 6.08 Å². The van der Waals surface area contributed by atoms with Crippen molar-refractivity contribution in [1.82, 2.24) is 9.80 Å². The lowest BCUT2D eigenvalue weighted by molar-refractivity contribution is -0.135. The zero-order valence-corrected chi connectivity index (χ0v) is 19.3. The third-order valence-corrected chi connectivity index (χ3v) is 6.40. The van der Waals surface area contributed by atoms with Gasteiger partial charge in [-0.15, -0.1) is 0 Å². The highest BCUT2D eigenvalue weighted by Gasteiger charge is 2.27. The molecule has 1 aliphatic rings. The van der Waals surface area contributed by atoms with Crippen LogP contribution in [0.4, 0.5) is 0 Å². The van der Waals surface area contributed by atoms with Crippen molar-refractivity contribution in [2.45, 2.75) is 25.0 Å². The summed E-state index contributed by atoms with van der Waals surface area (Å²) in [7, 11) is 0. The molecule has 2 N–H and O–H groups in total. The van der Waals surface area contributed by atoms with Gasteiger partial charge in [-0.1, -0.05) is 91.0 Å². The Morgan fingerprint density at radius 1 is 0.765 bits per heavy atom. The van der Waals surface area contributed by atoms with Gasteiger partial charge in [-0.3, -0.25) is 9.69 Å². The molecule has 1 amide bonds. The Kier molecular flexibility index (Phi) is 8.12. The minimum Gasteiger partial charge on any atom is -0.512 e. The summed E-state index contributed by atoms with van der Waals surface area (Å²) in [5.74, 6) is 0.281. The van der Waals surface area contributed by atoms with Gasteiger partial charge in [-0.05, 0) is 22.8 Å². The van der Waals surface area contributed by atoms with Gasteiger partial charge >= 0.3 is 0 Å². The topological polar surface area (TPSA) is 64.0 Å². The first-order valence-corrected chi connectivity index (χ1v) is 11.8. The van der Waals surface area contributed by atoms with Crippen molar-refractivity contribution in [3.05, 3.63) is 113 Å². The van der Waals surface area contributed by atoms with Crippen molar-refractivity contribution in [2.24, 2.45) is 0 Å². The Morgan fingerprint density at radius 3 is 1.79 bits per heavy atom. The van der Waals surface area contributed by atoms with Crippen LogP contribution in [0.15, 0.2) is 96.8 Å². The summed E-state index contributed by atoms with van der Waals surface area (Å²) >= 11 is 0. The first kappa shape index (κ1) is 23.7. The Hall–Kier alpha value is -3.41. The monoisotopic (exact) mass is 456 g/mol. The van der Waals surface area contributed by atoms with E-state index < -0.39 is 6.23 Å². The lowest BCUT2D eigenvalue weighted by Gasteiger charge is -2.37. The molecule has 1 fully saturated rings. The van der Waals surface area contributed by atoms with Crippen molar-refractivity contribution >= 4 is 12.0 Å². The Morgan fingerprint density at radius 2 is 1.26 bits per heavy atom. The smallest absolute Gasteiger partial charge is 0.223 e. The lowest BCUT2D eigenvalue weighted by atomic mass is 9.88. The molecule has 0 spiro atoms. The molecule has 5 nitrogen and oxygen atoms in total. The zero-order valence-electron chi connectivity index (χ0n) is 19.3. The molecule has 3 aromatic carbocycles. The number of hydrogen-bond donors (Lipinski definition) is 2. The molecule has 0 aromatic heterocycles. The predicted octanol–water partition coefficient (Wildman–Crippen LogP) is 4.66. The second-order valence-electron chi connectivity index (χ2n) is 8.73. The van der Waals surface area contributed by atoms with Gasteiger partial charge in [0.15, 0.2) is 0 Å². The number of carbonyl (C=O) groups excluding carboxylic acids is 1. The van der Waals surface area contributed by atoms with Gasteiger partial charge in [0.2, 0.25) is 5.91 Å². The molecule has 1 unspecified atom stereocenters. The highest BCUT2D eigenvalue weighted by molar-refractivity contribution is 5.78. The Labute approximate surface area is 201 Å². The molecule has 176 valence electrons. The van der Waals surface area contributed by atoms with Crippen molar-refractivity contribution in [3.8, 4) is 0 Å². The van der Waals surface area contributed by atoms with Gasteiger partial charge < -0.3 is 15.1 Å². The van der Waals surface area contributed by atoms with E-state index in [0.717, 1.165) is 16.7 Å². The molecule has 5 heteroatoms. The fourth-order valence-corrected chi connectivity index (χ4v) is 4.49. The van der Waals surface area contributed by atoms with Gasteiger partial charge in [-0.25, -0.2) is 0 Å². The minimum absolute atomic E-state index is 0.0126. The van der Waals surface area contributed by atoms with Crippen molar-refractivity contribution in [3.63, 3.8) is 0 Å². The first-order chi connectivity index (χ1) is 16.6. The third-order valence-electron chi connectivity index (χ3n) is 6.40. The van der Waals surface area contributed by atoms with Gasteiger partial charge in [0, 0.05) is 44.9 Å². The molecular formula is C29H32N2O3. The van der Waals surface area contributed by atoms with E-state index in [1.54, 1.807) is 6.08 Å². The Balaban J connectivity index is 1.33. The van der Waals surface area contributed by atoms with Crippen LogP contribution in [0.5, 0.6) is 0 Å². The molecule has 1 aliphatic heterocycles. The maximum absolute atomic E-state index is 13.2. The molecule has 34 heavy (non-hydrogen) atoms. The summed E-state index contributed by atoms with van der Waals surface area (Å²) in [6.45, 7) is 2.28. The SMILES string of the molecule is O=C(CC(c1ccccc1)c1ccccc1)N1CCN(C(O)C/C(O)=C/c2ccccc2)CC1. The number of amides is 1. The number of hydrogen-bond acceptors (Lipinski definition) is 4. The van der Waals surface area contributed by atoms with Crippen molar-refractivity contribution < 1.29 is 15.0 Å². The molecule has 1 saturated heterocycles. The number of aliphatic hydroxyl groups excluding tert-OH is 2. The van der Waals surface area contributed by atoms with E-state index in [0.29, 0.717) is 32.6 Å². The number of aliphatic hydroxyl groups is 2. The quantitative estimate of drug-likeness (QED) is 0.484. The maximum Gasteiger partial charge on any atom is 0.223 e. The van der Waals surface area contributed by atoms with E-state index >= 15 is 0 Å². The average molecular weight is 457 g/mol. The Bertz CT molecular complexity index is 1020. The summed E-state index contributed by atoms with van der Waals surface area (Å²) in [5.41, 5.74) is 3.17. The summed E-state index contributed by atoms with van der Waals surface area (Å²) in [4.78, 5) is 17.0. The summed E-state index contributed by atoms with van der Waals surface area (Å²) < 4.78 is 0. The molecule has 1 atom stereocenters. The van der Waals surface area contributed by atoms with E-state index in [-0.39, 0.29) is 24.0 Å². The summed E-state index contributed by atoms with van der Waals surface area (Å²) in [6, 6.07) is 29.9. The molecule has 3 aromatic rings. The van der Waals surface area contributed by atoms with Crippen LogP contribution in [0.3, 0.4) is 0 Å². The van der Waals surface area contributed by atoms with E-state index in [4.69, 9.17) is 0 Å². The maximum atomic E-state index is 13.2. The van der Waals surface area contributed by atoms with Gasteiger partial charge in [0.25, 0.3) is 0 Å². The van der Waals surface area contributed by atoms with E-state index in [2.05, 4.69) is 24.3 Å². The normalized spacial score (nSPS) is 15.9. The highest BCUT2D eigenvalue weighted by Crippen LogP contribution is 2.29. The van der Waals surface area contributed by atoms with Crippen LogP contribution in [0.2, 0.25) is 0 Å². The van der Waals surface area contributed by atoms with Crippen LogP contribution in [-0.4, -0.2) is 58.3 Å². The van der Waals surface area contributed by atoms with Gasteiger partial charge in [0.05, 0.1) is 5.76 Å². The predicted molar refractivity (Wildman–Crippen MR) is 135 cm³/mol. The summed E-state index contributed by atoms with van der Waals surface area (Å²) in [5, 5.41) is 20.9. The summed E-state index contributed by atoms with van der Waals surface area (Å²) in [6.07, 6.45) is 1.47. The minimum atomic E-state index is -0.779. The molecule has 4 rings (SSSR count). The standard InChI is InChI=1S/C29H32N2O3/c32-26(20-23-10-4-1-5-11-23)21-28(33)30-16-18-31(19-17-30)29(34)22-27(24-12-6-2-7-13-24)25-14-8-3-9-15-25/h1-15,20,27-28,32-33H,16-19,21-22H2/b26-20-. The fraction of sp³-hybridized carbons (Fsp3) is 0.276. The molecule has 0 saturated carbocycles. The molecular weight excluding hydrogens is 424 g/mol. The van der Waals surface area contributed by atoms with Crippen molar-refractivity contribution in [1.29, 1.82) is 0 Å². The van der Waals surface area contributed by atoms with Crippen LogP contribution < -0.4 is 0 Å². The number of piperazine rings is 1. The van der Waals surface area contributed by atoms with Gasteiger partial charge in [0.1, 0.15) is 6.23 Å². The molecule has 0 radical (unpaired) electrons. The van der Waals surface area contributed by atoms with Crippen LogP contribution in [-0.2, 0) is 4.79 Å². The molecule has 0 bridgehead atoms. The zero-order chi connectivity index (χ0) is 23.8. The molecule has 0 aliphatic carbocycles. The third kappa shape index (κ3) is 6.34. The van der Waals surface area contributed by atoms with E-state index in [1.165, 1.54) is 0 Å². The second-order valence-corrected chi connectivity index (χ2v) is 8.73. The number of carbonyl (C=O) groups is 1. The largest absolute Gasteiger partial charge is 0.512 e. The first-order valence-electron chi connectivity index (χ1n) is 11.8. The molecule has 1 heterocycles. The van der Waals surface area contributed by atoms with Crippen LogP contribution >= 0.6 is 0 Å². The number of benzene rings is 3. The van der Waals surface area contributed by atoms with E-state index in [1.807, 2.05) is 76.5 Å². The second kappa shape index (κ2) is 11.6. The lowest BCUT2D eigenvalue weighted by Crippen LogP contribution is -2.52. The van der Waals surface area contributed by atoms with Crippen LogP contribution in [0.1, 0.15) is 35.4 Å². The number of rotatable bonds is 8. The average Bonchev–Trinajstić information content (AvgIpc) is 2.88. The van der Waals surface area contributed by atoms with Gasteiger partial charge in [-0.2, -0.15) is 0 Å².